The number of benzene rings is 1. The van der Waals surface area contributed by atoms with Crippen LogP contribution in [-0.2, 0) is 0 Å². The van der Waals surface area contributed by atoms with E-state index < -0.39 is 0 Å². The van der Waals surface area contributed by atoms with Gasteiger partial charge in [-0.25, -0.2) is 0 Å². The maximum absolute atomic E-state index is 9.98. The smallest absolute Gasteiger partial charge is 0.160 e. The molecule has 5 atom stereocenters. The third-order valence-corrected chi connectivity index (χ3v) is 7.11. The van der Waals surface area contributed by atoms with E-state index in [2.05, 4.69) is 33.8 Å². The first-order valence-electron chi connectivity index (χ1n) is 8.76. The Kier molecular flexibility index (Phi) is 3.91. The first kappa shape index (κ1) is 15.7. The second-order valence-electron chi connectivity index (χ2n) is 7.98. The van der Waals surface area contributed by atoms with Crippen molar-refractivity contribution >= 4 is 0 Å². The Balaban J connectivity index is 1.94. The number of ether oxygens (including phenoxy) is 1. The Hall–Kier alpha value is -1.18. The van der Waals surface area contributed by atoms with Crippen molar-refractivity contribution in [3.8, 4) is 11.5 Å². The zero-order chi connectivity index (χ0) is 16.1. The number of fused-ring (bicyclic) bond motifs is 1. The number of aryl methyl sites for hydroxylation is 1. The third kappa shape index (κ3) is 2.23. The van der Waals surface area contributed by atoms with Gasteiger partial charge in [0, 0.05) is 0 Å². The van der Waals surface area contributed by atoms with Crippen LogP contribution in [-0.4, -0.2) is 12.2 Å². The molecule has 122 valence electrons. The molecule has 22 heavy (non-hydrogen) atoms. The summed E-state index contributed by atoms with van der Waals surface area (Å²) in [5.74, 6) is 3.86. The van der Waals surface area contributed by atoms with Crippen molar-refractivity contribution in [3.63, 3.8) is 0 Å². The van der Waals surface area contributed by atoms with Crippen molar-refractivity contribution in [1.29, 1.82) is 0 Å². The second kappa shape index (κ2) is 5.47. The molecule has 0 saturated heterocycles. The zero-order valence-corrected chi connectivity index (χ0v) is 14.6. The van der Waals surface area contributed by atoms with Gasteiger partial charge in [-0.3, -0.25) is 0 Å². The summed E-state index contributed by atoms with van der Waals surface area (Å²) in [4.78, 5) is 0. The molecule has 0 aromatic heterocycles. The van der Waals surface area contributed by atoms with Crippen LogP contribution < -0.4 is 4.74 Å². The van der Waals surface area contributed by atoms with Crippen LogP contribution in [0.5, 0.6) is 11.5 Å². The van der Waals surface area contributed by atoms with E-state index in [0.29, 0.717) is 23.0 Å². The molecule has 0 aliphatic heterocycles. The van der Waals surface area contributed by atoms with Crippen molar-refractivity contribution in [1.82, 2.24) is 0 Å². The quantitative estimate of drug-likeness (QED) is 0.806. The summed E-state index contributed by atoms with van der Waals surface area (Å²) in [6.45, 7) is 9.53. The highest BCUT2D eigenvalue weighted by molar-refractivity contribution is 5.47. The Labute approximate surface area is 134 Å². The molecular formula is C20H30O2. The minimum absolute atomic E-state index is 0.256. The fourth-order valence-electron chi connectivity index (χ4n) is 5.45. The van der Waals surface area contributed by atoms with Gasteiger partial charge < -0.3 is 9.84 Å². The molecule has 2 saturated carbocycles. The van der Waals surface area contributed by atoms with Gasteiger partial charge in [0.1, 0.15) is 0 Å². The SMILES string of the molecule is COc1cc(C2CC[C@]3(C)C(C)CCC3C2C)c(C)cc1O. The van der Waals surface area contributed by atoms with Crippen molar-refractivity contribution in [2.45, 2.75) is 59.3 Å². The van der Waals surface area contributed by atoms with Gasteiger partial charge in [0.25, 0.3) is 0 Å². The molecule has 0 bridgehead atoms. The summed E-state index contributed by atoms with van der Waals surface area (Å²) >= 11 is 0. The molecule has 2 aliphatic carbocycles. The lowest BCUT2D eigenvalue weighted by molar-refractivity contribution is 0.0501. The summed E-state index contributed by atoms with van der Waals surface area (Å²) in [5, 5.41) is 9.98. The summed E-state index contributed by atoms with van der Waals surface area (Å²) < 4.78 is 5.34. The molecule has 3 rings (SSSR count). The summed E-state index contributed by atoms with van der Waals surface area (Å²) in [5.41, 5.74) is 3.11. The van der Waals surface area contributed by atoms with Crippen LogP contribution in [0, 0.1) is 30.1 Å². The summed E-state index contributed by atoms with van der Waals surface area (Å²) in [7, 11) is 1.63. The largest absolute Gasteiger partial charge is 0.504 e. The van der Waals surface area contributed by atoms with Gasteiger partial charge in [0.15, 0.2) is 11.5 Å². The van der Waals surface area contributed by atoms with Crippen LogP contribution in [0.25, 0.3) is 0 Å². The van der Waals surface area contributed by atoms with Crippen molar-refractivity contribution < 1.29 is 9.84 Å². The number of hydrogen-bond donors (Lipinski definition) is 1. The summed E-state index contributed by atoms with van der Waals surface area (Å²) in [6.07, 6.45) is 5.35. The van der Waals surface area contributed by atoms with Gasteiger partial charge in [-0.2, -0.15) is 0 Å². The van der Waals surface area contributed by atoms with E-state index >= 15 is 0 Å². The van der Waals surface area contributed by atoms with Gasteiger partial charge in [0.05, 0.1) is 7.11 Å². The van der Waals surface area contributed by atoms with Crippen LogP contribution in [0.3, 0.4) is 0 Å². The molecule has 1 aromatic rings. The third-order valence-electron chi connectivity index (χ3n) is 7.11. The molecule has 1 aromatic carbocycles. The molecule has 0 spiro atoms. The topological polar surface area (TPSA) is 29.5 Å². The van der Waals surface area contributed by atoms with E-state index in [1.165, 1.54) is 36.8 Å². The Morgan fingerprint density at radius 1 is 1.18 bits per heavy atom. The highest BCUT2D eigenvalue weighted by atomic mass is 16.5. The number of hydrogen-bond acceptors (Lipinski definition) is 2. The molecule has 2 aliphatic rings. The average Bonchev–Trinajstić information content (AvgIpc) is 2.77. The van der Waals surface area contributed by atoms with Gasteiger partial charge in [0.2, 0.25) is 0 Å². The minimum atomic E-state index is 0.256. The normalized spacial score (nSPS) is 37.9. The maximum Gasteiger partial charge on any atom is 0.160 e. The van der Waals surface area contributed by atoms with Gasteiger partial charge in [-0.05, 0) is 85.0 Å². The van der Waals surface area contributed by atoms with Crippen molar-refractivity contribution in [3.05, 3.63) is 23.3 Å². The number of phenolic OH excluding ortho intramolecular Hbond substituents is 1. The van der Waals surface area contributed by atoms with Crippen LogP contribution in [0.2, 0.25) is 0 Å². The van der Waals surface area contributed by atoms with Gasteiger partial charge in [-0.15, -0.1) is 0 Å². The molecule has 2 heteroatoms. The number of phenols is 1. The lowest BCUT2D eigenvalue weighted by atomic mass is 9.57. The molecule has 2 fully saturated rings. The summed E-state index contributed by atoms with van der Waals surface area (Å²) in [6, 6.07) is 3.94. The predicted molar refractivity (Wildman–Crippen MR) is 90.5 cm³/mol. The zero-order valence-electron chi connectivity index (χ0n) is 14.6. The lowest BCUT2D eigenvalue weighted by Crippen LogP contribution is -2.38. The Bertz CT molecular complexity index is 565. The standard InChI is InChI=1S/C20H30O2/c1-12-10-18(21)19(22-5)11-16(12)15-8-9-20(4)13(2)6-7-17(20)14(15)3/h10-11,13-15,17,21H,6-9H2,1-5H3/t13?,14?,15?,17?,20-/m1/s1. The average molecular weight is 302 g/mol. The molecular weight excluding hydrogens is 272 g/mol. The van der Waals surface area contributed by atoms with Gasteiger partial charge in [-0.1, -0.05) is 20.8 Å². The minimum Gasteiger partial charge on any atom is -0.504 e. The number of aromatic hydroxyl groups is 1. The molecule has 2 nitrogen and oxygen atoms in total. The highest BCUT2D eigenvalue weighted by Gasteiger charge is 2.51. The molecule has 0 heterocycles. The maximum atomic E-state index is 9.98. The van der Waals surface area contributed by atoms with Crippen molar-refractivity contribution in [2.24, 2.45) is 23.2 Å². The monoisotopic (exact) mass is 302 g/mol. The molecule has 0 amide bonds. The van der Waals surface area contributed by atoms with E-state index in [0.717, 1.165) is 11.8 Å². The highest BCUT2D eigenvalue weighted by Crippen LogP contribution is 2.60. The van der Waals surface area contributed by atoms with Crippen LogP contribution >= 0.6 is 0 Å². The van der Waals surface area contributed by atoms with Gasteiger partial charge >= 0.3 is 0 Å². The number of rotatable bonds is 2. The molecule has 4 unspecified atom stereocenters. The predicted octanol–water partition coefficient (Wildman–Crippen LogP) is 5.28. The molecule has 0 radical (unpaired) electrons. The van der Waals surface area contributed by atoms with E-state index in [-0.39, 0.29) is 5.75 Å². The number of methoxy groups -OCH3 is 1. The van der Waals surface area contributed by atoms with E-state index in [9.17, 15) is 5.11 Å². The molecule has 1 N–H and O–H groups in total. The van der Waals surface area contributed by atoms with Crippen LogP contribution in [0.1, 0.15) is 63.5 Å². The fourth-order valence-corrected chi connectivity index (χ4v) is 5.45. The van der Waals surface area contributed by atoms with E-state index in [4.69, 9.17) is 4.74 Å². The first-order chi connectivity index (χ1) is 10.4. The fraction of sp³-hybridized carbons (Fsp3) is 0.700. The first-order valence-corrected chi connectivity index (χ1v) is 8.76. The van der Waals surface area contributed by atoms with E-state index in [1.54, 1.807) is 7.11 Å². The van der Waals surface area contributed by atoms with Crippen molar-refractivity contribution in [2.75, 3.05) is 7.11 Å². The van der Waals surface area contributed by atoms with Crippen LogP contribution in [0.4, 0.5) is 0 Å². The Morgan fingerprint density at radius 3 is 2.59 bits per heavy atom. The lowest BCUT2D eigenvalue weighted by Gasteiger charge is -2.47. The second-order valence-corrected chi connectivity index (χ2v) is 7.98. The van der Waals surface area contributed by atoms with E-state index in [1.807, 2.05) is 6.07 Å². The Morgan fingerprint density at radius 2 is 1.91 bits per heavy atom. The van der Waals surface area contributed by atoms with Crippen LogP contribution in [0.15, 0.2) is 12.1 Å².